The zero-order valence-corrected chi connectivity index (χ0v) is 27.1. The fraction of sp³-hybridized carbons (Fsp3) is 0.294. The number of alkyl halides is 3. The van der Waals surface area contributed by atoms with Crippen molar-refractivity contribution in [2.24, 2.45) is 17.8 Å². The molecule has 8 nitrogen and oxygen atoms in total. The van der Waals surface area contributed by atoms with E-state index in [1.54, 1.807) is 49.4 Å². The van der Waals surface area contributed by atoms with Crippen molar-refractivity contribution in [1.29, 1.82) is 0 Å². The van der Waals surface area contributed by atoms with Crippen molar-refractivity contribution >= 4 is 79.8 Å². The van der Waals surface area contributed by atoms with Crippen molar-refractivity contribution in [3.8, 4) is 5.75 Å². The maximum atomic E-state index is 14.3. The van der Waals surface area contributed by atoms with Crippen LogP contribution < -0.4 is 10.2 Å². The van der Waals surface area contributed by atoms with Crippen LogP contribution in [0.3, 0.4) is 0 Å². The summed E-state index contributed by atoms with van der Waals surface area (Å²) in [5.74, 6) is -5.34. The van der Waals surface area contributed by atoms with E-state index in [4.69, 9.17) is 23.2 Å². The molecule has 1 saturated carbocycles. The monoisotopic (exact) mass is 707 g/mol. The van der Waals surface area contributed by atoms with Crippen LogP contribution in [0.5, 0.6) is 5.75 Å². The molecule has 2 aliphatic carbocycles. The van der Waals surface area contributed by atoms with E-state index in [0.29, 0.717) is 22.4 Å². The number of halogens is 3. The van der Waals surface area contributed by atoms with Crippen molar-refractivity contribution in [1.82, 2.24) is 4.90 Å². The van der Waals surface area contributed by atoms with E-state index < -0.39 is 51.1 Å². The normalized spacial score (nSPS) is 30.6. The largest absolute Gasteiger partial charge is 0.507 e. The van der Waals surface area contributed by atoms with Crippen molar-refractivity contribution in [2.75, 3.05) is 15.7 Å². The standard InChI is InChI=1S/C34H28BrCl2N3O5/c1-18-6-5-9-24(28(18)41)27-22-14-15-23-26(25(22)16-33(36)31(44)39(17-35)32(45)34(27,33)37)30(43)40(29(23)42)21-12-10-20(11-13-21)38-19-7-3-2-4-8-19/h2-14,23,25-27,38,41H,15-17H2,1H3/t23-,25+,26-,27+,33+,34-/m0/s1. The van der Waals surface area contributed by atoms with Gasteiger partial charge in [0.25, 0.3) is 11.8 Å². The lowest BCUT2D eigenvalue weighted by molar-refractivity contribution is -0.138. The summed E-state index contributed by atoms with van der Waals surface area (Å²) < 4.78 is 0. The van der Waals surface area contributed by atoms with E-state index in [9.17, 15) is 24.3 Å². The Morgan fingerprint density at radius 2 is 1.58 bits per heavy atom. The molecular formula is C34H28BrCl2N3O5. The molecule has 45 heavy (non-hydrogen) atoms. The smallest absolute Gasteiger partial charge is 0.254 e. The van der Waals surface area contributed by atoms with Crippen LogP contribution in [0.25, 0.3) is 0 Å². The number of carbonyl (C=O) groups is 4. The number of benzene rings is 3. The molecule has 230 valence electrons. The summed E-state index contributed by atoms with van der Waals surface area (Å²) in [6.07, 6.45) is 1.98. The first-order valence-electron chi connectivity index (χ1n) is 14.6. The maximum absolute atomic E-state index is 14.3. The Balaban J connectivity index is 1.29. The highest BCUT2D eigenvalue weighted by atomic mass is 79.9. The van der Waals surface area contributed by atoms with Gasteiger partial charge in [0.1, 0.15) is 5.75 Å². The minimum atomic E-state index is -1.97. The highest BCUT2D eigenvalue weighted by Gasteiger charge is 2.76. The molecular weight excluding hydrogens is 681 g/mol. The average molecular weight is 709 g/mol. The molecule has 2 aliphatic heterocycles. The predicted molar refractivity (Wildman–Crippen MR) is 175 cm³/mol. The van der Waals surface area contributed by atoms with Gasteiger partial charge in [0, 0.05) is 22.9 Å². The number of para-hydroxylation sites is 2. The molecule has 0 unspecified atom stereocenters. The number of amides is 4. The summed E-state index contributed by atoms with van der Waals surface area (Å²) in [5.41, 5.74) is 3.55. The van der Waals surface area contributed by atoms with Gasteiger partial charge >= 0.3 is 0 Å². The van der Waals surface area contributed by atoms with E-state index in [2.05, 4.69) is 21.2 Å². The van der Waals surface area contributed by atoms with Gasteiger partial charge < -0.3 is 10.4 Å². The van der Waals surface area contributed by atoms with Crippen LogP contribution in [0.2, 0.25) is 0 Å². The van der Waals surface area contributed by atoms with Gasteiger partial charge in [-0.25, -0.2) is 0 Å². The van der Waals surface area contributed by atoms with Gasteiger partial charge in [0.15, 0.2) is 9.75 Å². The van der Waals surface area contributed by atoms with E-state index >= 15 is 0 Å². The second-order valence-corrected chi connectivity index (χ2v) is 13.8. The number of phenols is 1. The van der Waals surface area contributed by atoms with Crippen molar-refractivity contribution < 1.29 is 24.3 Å². The van der Waals surface area contributed by atoms with Crippen LogP contribution in [-0.2, 0) is 19.2 Å². The van der Waals surface area contributed by atoms with Gasteiger partial charge in [-0.3, -0.25) is 29.0 Å². The third kappa shape index (κ3) is 4.16. The summed E-state index contributed by atoms with van der Waals surface area (Å²) >= 11 is 17.7. The molecule has 2 saturated heterocycles. The number of rotatable bonds is 5. The van der Waals surface area contributed by atoms with Gasteiger partial charge in [-0.05, 0) is 67.6 Å². The van der Waals surface area contributed by atoms with Crippen molar-refractivity contribution in [3.05, 3.63) is 95.6 Å². The molecule has 0 radical (unpaired) electrons. The van der Waals surface area contributed by atoms with E-state index in [1.807, 2.05) is 36.4 Å². The first-order chi connectivity index (χ1) is 21.5. The molecule has 3 aromatic carbocycles. The molecule has 4 aliphatic rings. The summed E-state index contributed by atoms with van der Waals surface area (Å²) in [5, 5.41) is 14.5. The quantitative estimate of drug-likeness (QED) is 0.138. The number of phenolic OH excluding ortho intramolecular Hbond substituents is 1. The minimum Gasteiger partial charge on any atom is -0.507 e. The summed E-state index contributed by atoms with van der Waals surface area (Å²) in [4.78, 5) is 54.1. The number of hydrogen-bond acceptors (Lipinski definition) is 6. The Bertz CT molecular complexity index is 1800. The SMILES string of the molecule is Cc1cccc([C@H]2C3=CC[C@@H]4C(=O)N(c5ccc(Nc6ccccc6)cc5)C(=O)[C@@H]4[C@@H]3C[C@@]3(Cl)C(=O)N(CBr)C(=O)[C@@]23Cl)c1O. The first kappa shape index (κ1) is 30.0. The molecule has 7 rings (SSSR count). The topological polar surface area (TPSA) is 107 Å². The molecule has 11 heteroatoms. The number of aromatic hydroxyl groups is 1. The van der Waals surface area contributed by atoms with Crippen molar-refractivity contribution in [3.63, 3.8) is 0 Å². The third-order valence-corrected chi connectivity index (χ3v) is 11.7. The van der Waals surface area contributed by atoms with Gasteiger partial charge in [0.05, 0.1) is 23.0 Å². The van der Waals surface area contributed by atoms with Crippen LogP contribution >= 0.6 is 39.1 Å². The maximum Gasteiger partial charge on any atom is 0.254 e. The van der Waals surface area contributed by atoms with E-state index in [1.165, 1.54) is 4.90 Å². The fourth-order valence-corrected chi connectivity index (χ4v) is 9.07. The average Bonchev–Trinajstić information content (AvgIpc) is 3.37. The number of likely N-dealkylation sites (tertiary alicyclic amines) is 1. The van der Waals surface area contributed by atoms with Crippen LogP contribution in [-0.4, -0.2) is 48.8 Å². The van der Waals surface area contributed by atoms with Gasteiger partial charge in [-0.15, -0.1) is 23.2 Å². The Morgan fingerprint density at radius 3 is 2.27 bits per heavy atom. The molecule has 6 atom stereocenters. The fourth-order valence-electron chi connectivity index (χ4n) is 7.65. The number of hydrogen-bond donors (Lipinski definition) is 2. The second-order valence-electron chi connectivity index (χ2n) is 12.0. The Labute approximate surface area is 278 Å². The Morgan fingerprint density at radius 1 is 0.889 bits per heavy atom. The third-order valence-electron chi connectivity index (χ3n) is 9.78. The van der Waals surface area contributed by atoms with Crippen LogP contribution in [0.1, 0.15) is 29.9 Å². The molecule has 3 fully saturated rings. The zero-order valence-electron chi connectivity index (χ0n) is 24.0. The van der Waals surface area contributed by atoms with Crippen LogP contribution in [0.15, 0.2) is 84.4 Å². The summed E-state index contributed by atoms with van der Waals surface area (Å²) in [7, 11) is 0. The molecule has 2 N–H and O–H groups in total. The summed E-state index contributed by atoms with van der Waals surface area (Å²) in [6, 6.07) is 21.8. The highest BCUT2D eigenvalue weighted by Crippen LogP contribution is 2.66. The lowest BCUT2D eigenvalue weighted by Crippen LogP contribution is -2.60. The van der Waals surface area contributed by atoms with Gasteiger partial charge in [-0.1, -0.05) is 64.0 Å². The molecule has 2 heterocycles. The second kappa shape index (κ2) is 10.7. The lowest BCUT2D eigenvalue weighted by Gasteiger charge is -2.50. The van der Waals surface area contributed by atoms with E-state index in [-0.39, 0.29) is 30.0 Å². The van der Waals surface area contributed by atoms with Gasteiger partial charge in [-0.2, -0.15) is 0 Å². The molecule has 3 aromatic rings. The molecule has 0 aromatic heterocycles. The molecule has 4 amide bonds. The number of anilines is 3. The number of carbonyl (C=O) groups excluding carboxylic acids is 4. The number of allylic oxidation sites excluding steroid dienone is 2. The van der Waals surface area contributed by atoms with Crippen molar-refractivity contribution in [2.45, 2.75) is 35.4 Å². The number of aryl methyl sites for hydroxylation is 1. The molecule has 0 spiro atoms. The highest BCUT2D eigenvalue weighted by molar-refractivity contribution is 9.09. The van der Waals surface area contributed by atoms with E-state index in [0.717, 1.165) is 16.3 Å². The van der Waals surface area contributed by atoms with Gasteiger partial charge in [0.2, 0.25) is 11.8 Å². The minimum absolute atomic E-state index is 0.0672. The predicted octanol–water partition coefficient (Wildman–Crippen LogP) is 6.36. The molecule has 0 bridgehead atoms. The zero-order chi connectivity index (χ0) is 31.8. The number of nitrogens with one attached hydrogen (secondary N) is 1. The Hall–Kier alpha value is -3.66. The first-order valence-corrected chi connectivity index (χ1v) is 16.5. The summed E-state index contributed by atoms with van der Waals surface area (Å²) in [6.45, 7) is 1.73. The lowest BCUT2D eigenvalue weighted by atomic mass is 9.56. The number of nitrogens with zero attached hydrogens (tertiary/aromatic N) is 2. The Kier molecular flexibility index (Phi) is 7.15. The van der Waals surface area contributed by atoms with Crippen LogP contribution in [0, 0.1) is 24.7 Å². The number of fused-ring (bicyclic) bond motifs is 4. The van der Waals surface area contributed by atoms with Crippen LogP contribution in [0.4, 0.5) is 17.1 Å². The number of imide groups is 2.